The van der Waals surface area contributed by atoms with Crippen LogP contribution in [0.4, 0.5) is 5.69 Å². The predicted molar refractivity (Wildman–Crippen MR) is 70.2 cm³/mol. The molecule has 0 aliphatic rings. The molecule has 98 valence electrons. The Morgan fingerprint density at radius 1 is 1.21 bits per heavy atom. The molecule has 0 atom stereocenters. The summed E-state index contributed by atoms with van der Waals surface area (Å²) in [6.07, 6.45) is 0. The lowest BCUT2D eigenvalue weighted by Gasteiger charge is -2.03. The first-order valence-corrected chi connectivity index (χ1v) is 5.68. The van der Waals surface area contributed by atoms with Crippen molar-refractivity contribution >= 4 is 11.4 Å². The molecule has 1 heterocycles. The average Bonchev–Trinajstić information content (AvgIpc) is 2.70. The minimum absolute atomic E-state index is 0.0632. The van der Waals surface area contributed by atoms with Crippen molar-refractivity contribution < 1.29 is 4.92 Å². The summed E-state index contributed by atoms with van der Waals surface area (Å²) < 4.78 is 1.64. The Morgan fingerprint density at radius 3 is 2.21 bits per heavy atom. The van der Waals surface area contributed by atoms with E-state index in [4.69, 9.17) is 0 Å². The molecule has 0 radical (unpaired) electrons. The van der Waals surface area contributed by atoms with Crippen molar-refractivity contribution in [1.29, 1.82) is 0 Å². The number of hydrogen-bond acceptors (Lipinski definition) is 5. The molecule has 2 rings (SSSR count). The van der Waals surface area contributed by atoms with Crippen LogP contribution in [0.2, 0.25) is 0 Å². The molecule has 0 aliphatic heterocycles. The third-order valence-corrected chi connectivity index (χ3v) is 2.70. The van der Waals surface area contributed by atoms with Crippen LogP contribution in [0.15, 0.2) is 29.4 Å². The van der Waals surface area contributed by atoms with Crippen LogP contribution in [0.5, 0.6) is 0 Å². The number of hydrogen-bond donors (Lipinski definition) is 0. The topological polar surface area (TPSA) is 86.2 Å². The minimum Gasteiger partial charge on any atom is -0.258 e. The van der Waals surface area contributed by atoms with Crippen molar-refractivity contribution in [3.63, 3.8) is 0 Å². The van der Waals surface area contributed by atoms with E-state index in [0.29, 0.717) is 11.6 Å². The zero-order valence-electron chi connectivity index (χ0n) is 10.9. The van der Waals surface area contributed by atoms with Gasteiger partial charge < -0.3 is 0 Å². The van der Waals surface area contributed by atoms with Gasteiger partial charge in [-0.15, -0.1) is 10.2 Å². The van der Waals surface area contributed by atoms with Gasteiger partial charge in [0, 0.05) is 12.1 Å². The Balaban J connectivity index is 2.34. The number of non-ortho nitro benzene ring substituents is 1. The monoisotopic (exact) mass is 259 g/mol. The molecule has 1 aromatic heterocycles. The maximum absolute atomic E-state index is 10.6. The first-order valence-electron chi connectivity index (χ1n) is 5.68. The van der Waals surface area contributed by atoms with Gasteiger partial charge in [0.25, 0.3) is 5.69 Å². The first-order chi connectivity index (χ1) is 8.99. The van der Waals surface area contributed by atoms with Gasteiger partial charge in [0.1, 0.15) is 0 Å². The quantitative estimate of drug-likeness (QED) is 0.479. The molecule has 0 unspecified atom stereocenters. The summed E-state index contributed by atoms with van der Waals surface area (Å²) in [6.45, 7) is 5.46. The van der Waals surface area contributed by atoms with Gasteiger partial charge in [0.2, 0.25) is 0 Å². The van der Waals surface area contributed by atoms with Crippen LogP contribution in [0.25, 0.3) is 0 Å². The van der Waals surface area contributed by atoms with E-state index in [1.54, 1.807) is 16.8 Å². The summed E-state index contributed by atoms with van der Waals surface area (Å²) >= 11 is 0. The number of nitro benzene ring substituents is 1. The first kappa shape index (κ1) is 12.9. The number of aromatic nitrogens is 3. The van der Waals surface area contributed by atoms with Gasteiger partial charge in [-0.1, -0.05) is 0 Å². The number of aryl methyl sites for hydroxylation is 2. The second-order valence-corrected chi connectivity index (χ2v) is 4.10. The Morgan fingerprint density at radius 2 is 1.74 bits per heavy atom. The predicted octanol–water partition coefficient (Wildman–Crippen LogP) is 2.08. The zero-order valence-corrected chi connectivity index (χ0v) is 10.9. The van der Waals surface area contributed by atoms with Crippen molar-refractivity contribution in [2.75, 3.05) is 0 Å². The van der Waals surface area contributed by atoms with E-state index in [2.05, 4.69) is 15.3 Å². The molecular weight excluding hydrogens is 246 g/mol. The Hall–Kier alpha value is -2.57. The molecular formula is C12H13N5O2. The molecule has 0 bridgehead atoms. The van der Waals surface area contributed by atoms with Crippen molar-refractivity contribution in [1.82, 2.24) is 14.9 Å². The van der Waals surface area contributed by atoms with Gasteiger partial charge in [0.05, 0.1) is 10.6 Å². The van der Waals surface area contributed by atoms with Gasteiger partial charge in [-0.25, -0.2) is 4.68 Å². The van der Waals surface area contributed by atoms with Crippen molar-refractivity contribution in [2.45, 2.75) is 20.8 Å². The fourth-order valence-electron chi connectivity index (χ4n) is 1.64. The largest absolute Gasteiger partial charge is 0.269 e. The van der Waals surface area contributed by atoms with E-state index in [9.17, 15) is 10.1 Å². The summed E-state index contributed by atoms with van der Waals surface area (Å²) in [5, 5.41) is 22.8. The molecule has 0 fully saturated rings. The lowest BCUT2D eigenvalue weighted by Crippen LogP contribution is -2.03. The number of rotatable bonds is 3. The zero-order chi connectivity index (χ0) is 14.0. The standard InChI is InChI=1S/C12H13N5O2/c1-8(15-16-9(2)13-14-10(16)3)11-4-6-12(7-5-11)17(18)19/h4-7H,1-3H3/b15-8-. The molecule has 0 aliphatic carbocycles. The molecule has 0 saturated carbocycles. The van der Waals surface area contributed by atoms with E-state index in [0.717, 1.165) is 11.3 Å². The van der Waals surface area contributed by atoms with Crippen molar-refractivity contribution in [3.8, 4) is 0 Å². The van der Waals surface area contributed by atoms with Crippen LogP contribution >= 0.6 is 0 Å². The Labute approximate surface area is 109 Å². The second-order valence-electron chi connectivity index (χ2n) is 4.10. The molecule has 19 heavy (non-hydrogen) atoms. The van der Waals surface area contributed by atoms with Crippen LogP contribution in [-0.2, 0) is 0 Å². The third-order valence-electron chi connectivity index (χ3n) is 2.70. The highest BCUT2D eigenvalue weighted by atomic mass is 16.6. The van der Waals surface area contributed by atoms with Crippen LogP contribution in [0, 0.1) is 24.0 Å². The molecule has 1 aromatic carbocycles. The summed E-state index contributed by atoms with van der Waals surface area (Å²) in [5.74, 6) is 1.39. The van der Waals surface area contributed by atoms with E-state index >= 15 is 0 Å². The fourth-order valence-corrected chi connectivity index (χ4v) is 1.64. The van der Waals surface area contributed by atoms with Gasteiger partial charge in [-0.05, 0) is 38.5 Å². The van der Waals surface area contributed by atoms with Crippen LogP contribution in [0.3, 0.4) is 0 Å². The number of benzene rings is 1. The van der Waals surface area contributed by atoms with Crippen LogP contribution < -0.4 is 0 Å². The lowest BCUT2D eigenvalue weighted by molar-refractivity contribution is -0.384. The van der Waals surface area contributed by atoms with E-state index in [-0.39, 0.29) is 5.69 Å². The van der Waals surface area contributed by atoms with Crippen molar-refractivity contribution in [3.05, 3.63) is 51.6 Å². The van der Waals surface area contributed by atoms with Gasteiger partial charge in [-0.3, -0.25) is 10.1 Å². The highest BCUT2D eigenvalue weighted by Gasteiger charge is 2.07. The molecule has 0 amide bonds. The van der Waals surface area contributed by atoms with Crippen LogP contribution in [-0.4, -0.2) is 25.5 Å². The van der Waals surface area contributed by atoms with Gasteiger partial charge >= 0.3 is 0 Å². The van der Waals surface area contributed by atoms with Crippen molar-refractivity contribution in [2.24, 2.45) is 5.10 Å². The molecule has 0 saturated heterocycles. The molecule has 7 nitrogen and oxygen atoms in total. The minimum atomic E-state index is -0.426. The second kappa shape index (κ2) is 4.97. The number of nitrogens with zero attached hydrogens (tertiary/aromatic N) is 5. The van der Waals surface area contributed by atoms with E-state index in [1.165, 1.54) is 12.1 Å². The van der Waals surface area contributed by atoms with Crippen LogP contribution in [0.1, 0.15) is 24.1 Å². The normalized spacial score (nSPS) is 11.6. The van der Waals surface area contributed by atoms with E-state index in [1.807, 2.05) is 20.8 Å². The average molecular weight is 259 g/mol. The molecule has 0 N–H and O–H groups in total. The maximum Gasteiger partial charge on any atom is 0.269 e. The van der Waals surface area contributed by atoms with Gasteiger partial charge in [-0.2, -0.15) is 5.10 Å². The van der Waals surface area contributed by atoms with E-state index < -0.39 is 4.92 Å². The lowest BCUT2D eigenvalue weighted by atomic mass is 10.1. The summed E-state index contributed by atoms with van der Waals surface area (Å²) in [4.78, 5) is 10.2. The summed E-state index contributed by atoms with van der Waals surface area (Å²) in [6, 6.07) is 6.26. The fraction of sp³-hybridized carbons (Fsp3) is 0.250. The molecule has 0 spiro atoms. The number of nitro groups is 1. The summed E-state index contributed by atoms with van der Waals surface area (Å²) in [5.41, 5.74) is 1.62. The molecule has 7 heteroatoms. The molecule has 2 aromatic rings. The Kier molecular flexibility index (Phi) is 3.37. The SMILES string of the molecule is C/C(=N/n1c(C)nnc1C)c1ccc([N+](=O)[O-])cc1. The highest BCUT2D eigenvalue weighted by Crippen LogP contribution is 2.13. The smallest absolute Gasteiger partial charge is 0.258 e. The van der Waals surface area contributed by atoms with Gasteiger partial charge in [0.15, 0.2) is 11.6 Å². The third kappa shape index (κ3) is 2.65. The highest BCUT2D eigenvalue weighted by molar-refractivity contribution is 5.98. The maximum atomic E-state index is 10.6. The Bertz CT molecular complexity index is 623. The summed E-state index contributed by atoms with van der Waals surface area (Å²) in [7, 11) is 0.